The monoisotopic (exact) mass is 181 g/mol. The van der Waals surface area contributed by atoms with Gasteiger partial charge in [0.15, 0.2) is 0 Å². The summed E-state index contributed by atoms with van der Waals surface area (Å²) in [5, 5.41) is 7.52. The molecule has 0 amide bonds. The summed E-state index contributed by atoms with van der Waals surface area (Å²) in [4.78, 5) is 0. The molecule has 13 heavy (non-hydrogen) atoms. The number of nitrogens with one attached hydrogen (secondary N) is 1. The Balaban J connectivity index is 2.99. The third-order valence-corrected chi connectivity index (χ3v) is 2.11. The van der Waals surface area contributed by atoms with E-state index in [0.29, 0.717) is 0 Å². The lowest BCUT2D eigenvalue weighted by Crippen LogP contribution is -2.24. The van der Waals surface area contributed by atoms with Gasteiger partial charge >= 0.3 is 0 Å². The van der Waals surface area contributed by atoms with E-state index >= 15 is 0 Å². The fourth-order valence-corrected chi connectivity index (χ4v) is 1.48. The second-order valence-corrected chi connectivity index (χ2v) is 4.37. The number of aromatic nitrogens is 2. The van der Waals surface area contributed by atoms with Crippen molar-refractivity contribution < 1.29 is 0 Å². The molecule has 3 nitrogen and oxygen atoms in total. The highest BCUT2D eigenvalue weighted by molar-refractivity contribution is 5.17. The number of hydrogen-bond acceptors (Lipinski definition) is 2. The van der Waals surface area contributed by atoms with E-state index in [1.807, 2.05) is 13.2 Å². The van der Waals surface area contributed by atoms with Crippen molar-refractivity contribution in [1.82, 2.24) is 15.1 Å². The van der Waals surface area contributed by atoms with Gasteiger partial charge in [-0.15, -0.1) is 0 Å². The Morgan fingerprint density at radius 3 is 2.46 bits per heavy atom. The fourth-order valence-electron chi connectivity index (χ4n) is 1.48. The summed E-state index contributed by atoms with van der Waals surface area (Å²) in [6, 6.07) is 0. The van der Waals surface area contributed by atoms with Crippen molar-refractivity contribution in [2.45, 2.75) is 39.8 Å². The average Bonchev–Trinajstić information content (AvgIpc) is 2.32. The highest BCUT2D eigenvalue weighted by Gasteiger charge is 2.17. The highest BCUT2D eigenvalue weighted by atomic mass is 15.3. The molecule has 1 aromatic rings. The molecule has 0 aromatic carbocycles. The Labute approximate surface area is 80.1 Å². The summed E-state index contributed by atoms with van der Waals surface area (Å²) in [6.45, 7) is 9.50. The van der Waals surface area contributed by atoms with Crippen molar-refractivity contribution in [3.63, 3.8) is 0 Å². The van der Waals surface area contributed by atoms with Crippen LogP contribution in [-0.2, 0) is 12.1 Å². The molecule has 0 spiro atoms. The van der Waals surface area contributed by atoms with Gasteiger partial charge in [-0.05, 0) is 34.7 Å². The van der Waals surface area contributed by atoms with Gasteiger partial charge < -0.3 is 5.32 Å². The van der Waals surface area contributed by atoms with Gasteiger partial charge in [0.25, 0.3) is 0 Å². The zero-order valence-electron chi connectivity index (χ0n) is 9.18. The zero-order chi connectivity index (χ0) is 10.1. The van der Waals surface area contributed by atoms with Crippen LogP contribution in [0.4, 0.5) is 0 Å². The van der Waals surface area contributed by atoms with Crippen molar-refractivity contribution in [3.8, 4) is 0 Å². The number of nitrogens with zero attached hydrogens (tertiary/aromatic N) is 2. The van der Waals surface area contributed by atoms with Crippen LogP contribution < -0.4 is 5.32 Å². The zero-order valence-corrected chi connectivity index (χ0v) is 9.18. The van der Waals surface area contributed by atoms with Crippen molar-refractivity contribution in [1.29, 1.82) is 0 Å². The molecule has 0 saturated heterocycles. The lowest BCUT2D eigenvalue weighted by molar-refractivity contribution is 0.347. The van der Waals surface area contributed by atoms with Crippen LogP contribution in [0.5, 0.6) is 0 Å². The van der Waals surface area contributed by atoms with E-state index in [1.54, 1.807) is 0 Å². The summed E-state index contributed by atoms with van der Waals surface area (Å²) in [7, 11) is 1.95. The van der Waals surface area contributed by atoms with Gasteiger partial charge in [0.1, 0.15) is 0 Å². The van der Waals surface area contributed by atoms with Gasteiger partial charge in [-0.1, -0.05) is 0 Å². The van der Waals surface area contributed by atoms with Gasteiger partial charge in [-0.3, -0.25) is 4.68 Å². The molecule has 3 heteroatoms. The Morgan fingerprint density at radius 1 is 1.46 bits per heavy atom. The van der Waals surface area contributed by atoms with Crippen LogP contribution in [0.3, 0.4) is 0 Å². The van der Waals surface area contributed by atoms with Crippen molar-refractivity contribution in [3.05, 3.63) is 17.5 Å². The smallest absolute Gasteiger partial charge is 0.0546 e. The van der Waals surface area contributed by atoms with Crippen molar-refractivity contribution in [2.75, 3.05) is 7.05 Å². The molecule has 1 rings (SSSR count). The van der Waals surface area contributed by atoms with Gasteiger partial charge in [-0.2, -0.15) is 5.10 Å². The molecule has 0 bridgehead atoms. The maximum absolute atomic E-state index is 4.38. The molecule has 0 atom stereocenters. The molecule has 0 fully saturated rings. The Hall–Kier alpha value is -0.830. The lowest BCUT2D eigenvalue weighted by atomic mass is 10.1. The molecule has 0 aliphatic carbocycles. The second-order valence-electron chi connectivity index (χ2n) is 4.37. The highest BCUT2D eigenvalue weighted by Crippen LogP contribution is 2.17. The largest absolute Gasteiger partial charge is 0.316 e. The van der Waals surface area contributed by atoms with Crippen LogP contribution in [0.15, 0.2) is 6.20 Å². The molecule has 74 valence electrons. The first-order valence-corrected chi connectivity index (χ1v) is 4.65. The topological polar surface area (TPSA) is 29.9 Å². The van der Waals surface area contributed by atoms with Gasteiger partial charge in [0.05, 0.1) is 11.7 Å². The first kappa shape index (κ1) is 10.3. The predicted octanol–water partition coefficient (Wildman–Crippen LogP) is 1.67. The average molecular weight is 181 g/mol. The first-order valence-electron chi connectivity index (χ1n) is 4.65. The van der Waals surface area contributed by atoms with Crippen molar-refractivity contribution >= 4 is 0 Å². The van der Waals surface area contributed by atoms with Crippen LogP contribution >= 0.6 is 0 Å². The minimum Gasteiger partial charge on any atom is -0.316 e. The molecule has 0 saturated carbocycles. The molecular weight excluding hydrogens is 162 g/mol. The summed E-state index contributed by atoms with van der Waals surface area (Å²) in [5.74, 6) is 0. The lowest BCUT2D eigenvalue weighted by Gasteiger charge is -2.21. The third kappa shape index (κ3) is 2.10. The summed E-state index contributed by atoms with van der Waals surface area (Å²) < 4.78 is 2.07. The van der Waals surface area contributed by atoms with Gasteiger partial charge in [0.2, 0.25) is 0 Å². The minimum atomic E-state index is 0.0794. The quantitative estimate of drug-likeness (QED) is 0.752. The number of rotatable bonds is 2. The number of hydrogen-bond donors (Lipinski definition) is 1. The molecule has 0 unspecified atom stereocenters. The van der Waals surface area contributed by atoms with E-state index in [1.165, 1.54) is 11.3 Å². The third-order valence-electron chi connectivity index (χ3n) is 2.11. The predicted molar refractivity (Wildman–Crippen MR) is 54.7 cm³/mol. The van der Waals surface area contributed by atoms with Crippen molar-refractivity contribution in [2.24, 2.45) is 0 Å². The van der Waals surface area contributed by atoms with Crippen LogP contribution in [0, 0.1) is 6.92 Å². The van der Waals surface area contributed by atoms with E-state index in [9.17, 15) is 0 Å². The van der Waals surface area contributed by atoms with E-state index in [2.05, 4.69) is 42.8 Å². The Morgan fingerprint density at radius 2 is 2.08 bits per heavy atom. The van der Waals surface area contributed by atoms with Crippen LogP contribution in [0.2, 0.25) is 0 Å². The molecular formula is C10H19N3. The van der Waals surface area contributed by atoms with Crippen LogP contribution in [0.25, 0.3) is 0 Å². The molecule has 1 N–H and O–H groups in total. The first-order chi connectivity index (χ1) is 5.96. The minimum absolute atomic E-state index is 0.0794. The normalized spacial score (nSPS) is 12.1. The fraction of sp³-hybridized carbons (Fsp3) is 0.700. The van der Waals surface area contributed by atoms with E-state index in [4.69, 9.17) is 0 Å². The summed E-state index contributed by atoms with van der Waals surface area (Å²) in [5.41, 5.74) is 2.61. The standard InChI is InChI=1S/C10H19N3/c1-8-9(6-11-5)7-12-13(8)10(2,3)4/h7,11H,6H2,1-5H3. The molecule has 1 heterocycles. The van der Waals surface area contributed by atoms with Gasteiger partial charge in [0, 0.05) is 17.8 Å². The molecule has 0 radical (unpaired) electrons. The van der Waals surface area contributed by atoms with E-state index in [-0.39, 0.29) is 5.54 Å². The molecule has 0 aliphatic rings. The summed E-state index contributed by atoms with van der Waals surface area (Å²) in [6.07, 6.45) is 1.94. The maximum Gasteiger partial charge on any atom is 0.0546 e. The van der Waals surface area contributed by atoms with Crippen LogP contribution in [0.1, 0.15) is 32.0 Å². The van der Waals surface area contributed by atoms with Crippen LogP contribution in [-0.4, -0.2) is 16.8 Å². The Kier molecular flexibility index (Phi) is 2.76. The maximum atomic E-state index is 4.38. The second kappa shape index (κ2) is 3.50. The summed E-state index contributed by atoms with van der Waals surface area (Å²) >= 11 is 0. The molecule has 0 aliphatic heterocycles. The van der Waals surface area contributed by atoms with E-state index in [0.717, 1.165) is 6.54 Å². The Bertz CT molecular complexity index is 281. The molecule has 1 aromatic heterocycles. The van der Waals surface area contributed by atoms with E-state index < -0.39 is 0 Å². The van der Waals surface area contributed by atoms with Gasteiger partial charge in [-0.25, -0.2) is 0 Å². The SMILES string of the molecule is CNCc1cnn(C(C)(C)C)c1C.